The molecule has 1 aliphatic heterocycles. The van der Waals surface area contributed by atoms with Crippen LogP contribution in [0.15, 0.2) is 60.9 Å². The molecule has 0 fully saturated rings. The predicted octanol–water partition coefficient (Wildman–Crippen LogP) is 3.60. The molecule has 3 aromatic rings. The molecule has 1 amide bonds. The average Bonchev–Trinajstić information content (AvgIpc) is 3.10. The van der Waals surface area contributed by atoms with E-state index in [1.165, 1.54) is 16.7 Å². The van der Waals surface area contributed by atoms with E-state index in [0.29, 0.717) is 24.6 Å². The molecule has 0 radical (unpaired) electrons. The van der Waals surface area contributed by atoms with E-state index in [9.17, 15) is 4.79 Å². The van der Waals surface area contributed by atoms with E-state index in [-0.39, 0.29) is 5.91 Å². The van der Waals surface area contributed by atoms with E-state index < -0.39 is 0 Å². The first-order valence-electron chi connectivity index (χ1n) is 8.72. The Morgan fingerprint density at radius 1 is 1.12 bits per heavy atom. The summed E-state index contributed by atoms with van der Waals surface area (Å²) in [4.78, 5) is 23.2. The fourth-order valence-corrected chi connectivity index (χ4v) is 3.24. The summed E-state index contributed by atoms with van der Waals surface area (Å²) in [7, 11) is 0. The van der Waals surface area contributed by atoms with E-state index in [0.717, 1.165) is 12.1 Å². The zero-order chi connectivity index (χ0) is 17.9. The van der Waals surface area contributed by atoms with Crippen molar-refractivity contribution in [3.8, 4) is 0 Å². The number of para-hydroxylation sites is 1. The van der Waals surface area contributed by atoms with Crippen LogP contribution < -0.4 is 10.2 Å². The van der Waals surface area contributed by atoms with E-state index in [1.54, 1.807) is 17.3 Å². The van der Waals surface area contributed by atoms with E-state index in [1.807, 2.05) is 24.3 Å². The predicted molar refractivity (Wildman–Crippen MR) is 102 cm³/mol. The van der Waals surface area contributed by atoms with Crippen LogP contribution in [0.3, 0.4) is 0 Å². The maximum Gasteiger partial charge on any atom is 0.261 e. The number of nitrogens with one attached hydrogen (secondary N) is 1. The molecule has 5 nitrogen and oxygen atoms in total. The Labute approximate surface area is 152 Å². The van der Waals surface area contributed by atoms with Crippen LogP contribution in [-0.2, 0) is 13.0 Å². The first-order valence-corrected chi connectivity index (χ1v) is 8.72. The summed E-state index contributed by atoms with van der Waals surface area (Å²) in [6.45, 7) is 3.41. The number of aryl methyl sites for hydroxylation is 1. The Morgan fingerprint density at radius 2 is 1.92 bits per heavy atom. The van der Waals surface area contributed by atoms with Crippen LogP contribution in [0.25, 0.3) is 0 Å². The summed E-state index contributed by atoms with van der Waals surface area (Å²) in [5.74, 6) is 0.463. The van der Waals surface area contributed by atoms with Gasteiger partial charge in [-0.1, -0.05) is 48.0 Å². The minimum absolute atomic E-state index is 0.0554. The van der Waals surface area contributed by atoms with Crippen LogP contribution >= 0.6 is 0 Å². The maximum absolute atomic E-state index is 12.8. The summed E-state index contributed by atoms with van der Waals surface area (Å²) in [5, 5.41) is 3.19. The third-order valence-corrected chi connectivity index (χ3v) is 4.56. The highest BCUT2D eigenvalue weighted by atomic mass is 16.2. The van der Waals surface area contributed by atoms with Gasteiger partial charge in [0.05, 0.1) is 5.56 Å². The number of benzene rings is 2. The Balaban J connectivity index is 1.44. The number of hydrogen-bond acceptors (Lipinski definition) is 4. The number of carbonyl (C=O) groups is 1. The molecule has 0 saturated heterocycles. The minimum Gasteiger partial charge on any atom is -0.350 e. The van der Waals surface area contributed by atoms with Crippen molar-refractivity contribution in [1.29, 1.82) is 0 Å². The number of rotatable bonds is 4. The molecule has 1 aliphatic rings. The molecule has 26 heavy (non-hydrogen) atoms. The molecule has 2 aromatic carbocycles. The van der Waals surface area contributed by atoms with Crippen molar-refractivity contribution < 1.29 is 4.79 Å². The van der Waals surface area contributed by atoms with Gasteiger partial charge in [-0.2, -0.15) is 0 Å². The number of amides is 1. The number of hydrogen-bond donors (Lipinski definition) is 1. The van der Waals surface area contributed by atoms with Gasteiger partial charge in [0.25, 0.3) is 5.91 Å². The van der Waals surface area contributed by atoms with Crippen molar-refractivity contribution in [3.63, 3.8) is 0 Å². The van der Waals surface area contributed by atoms with Gasteiger partial charge in [0.2, 0.25) is 5.95 Å². The number of carbonyl (C=O) groups excluding carboxylic acids is 1. The first kappa shape index (κ1) is 16.3. The molecule has 0 unspecified atom stereocenters. The Bertz CT molecular complexity index is 937. The molecule has 0 bridgehead atoms. The largest absolute Gasteiger partial charge is 0.350 e. The zero-order valence-electron chi connectivity index (χ0n) is 14.6. The van der Waals surface area contributed by atoms with Gasteiger partial charge in [0.1, 0.15) is 0 Å². The van der Waals surface area contributed by atoms with Gasteiger partial charge < -0.3 is 10.2 Å². The normalized spacial score (nSPS) is 12.7. The van der Waals surface area contributed by atoms with Crippen molar-refractivity contribution in [2.75, 3.05) is 16.8 Å². The summed E-state index contributed by atoms with van der Waals surface area (Å²) in [6.07, 6.45) is 4.07. The molecule has 0 aliphatic carbocycles. The number of nitrogens with zero attached hydrogens (tertiary/aromatic N) is 3. The first-order chi connectivity index (χ1) is 12.7. The second-order valence-electron chi connectivity index (χ2n) is 6.47. The molecule has 0 spiro atoms. The van der Waals surface area contributed by atoms with Crippen molar-refractivity contribution in [2.45, 2.75) is 19.9 Å². The van der Waals surface area contributed by atoms with Crippen LogP contribution in [-0.4, -0.2) is 22.4 Å². The summed E-state index contributed by atoms with van der Waals surface area (Å²) in [5.41, 5.74) is 5.08. The Morgan fingerprint density at radius 3 is 2.73 bits per heavy atom. The number of aromatic nitrogens is 2. The van der Waals surface area contributed by atoms with Crippen molar-refractivity contribution in [2.24, 2.45) is 0 Å². The topological polar surface area (TPSA) is 58.1 Å². The number of anilines is 2. The molecule has 4 rings (SSSR count). The van der Waals surface area contributed by atoms with Crippen LogP contribution in [0.5, 0.6) is 0 Å². The van der Waals surface area contributed by atoms with Gasteiger partial charge in [-0.3, -0.25) is 4.79 Å². The van der Waals surface area contributed by atoms with Gasteiger partial charge in [-0.15, -0.1) is 0 Å². The molecular weight excluding hydrogens is 324 g/mol. The minimum atomic E-state index is -0.0554. The SMILES string of the molecule is Cc1cccc(CNc2ncc(C(=O)N3CCc4ccccc43)cn2)c1. The quantitative estimate of drug-likeness (QED) is 0.786. The average molecular weight is 344 g/mol. The van der Waals surface area contributed by atoms with Crippen LogP contribution in [0.4, 0.5) is 11.6 Å². The molecule has 1 N–H and O–H groups in total. The monoisotopic (exact) mass is 344 g/mol. The fraction of sp³-hybridized carbons (Fsp3) is 0.190. The molecular formula is C21H20N4O. The van der Waals surface area contributed by atoms with Crippen molar-refractivity contribution >= 4 is 17.5 Å². The van der Waals surface area contributed by atoms with Crippen LogP contribution in [0.1, 0.15) is 27.0 Å². The highest BCUT2D eigenvalue weighted by Crippen LogP contribution is 2.28. The number of fused-ring (bicyclic) bond motifs is 1. The van der Waals surface area contributed by atoms with Gasteiger partial charge >= 0.3 is 0 Å². The molecule has 1 aromatic heterocycles. The standard InChI is InChI=1S/C21H20N4O/c1-15-5-4-6-16(11-15)12-22-21-23-13-18(14-24-21)20(26)25-10-9-17-7-2-3-8-19(17)25/h2-8,11,13-14H,9-10,12H2,1H3,(H,22,23,24). The lowest BCUT2D eigenvalue weighted by molar-refractivity contribution is 0.0988. The molecule has 2 heterocycles. The molecule has 0 saturated carbocycles. The summed E-state index contributed by atoms with van der Waals surface area (Å²) < 4.78 is 0. The second kappa shape index (κ2) is 6.96. The third-order valence-electron chi connectivity index (χ3n) is 4.56. The highest BCUT2D eigenvalue weighted by Gasteiger charge is 2.25. The maximum atomic E-state index is 12.8. The van der Waals surface area contributed by atoms with Crippen LogP contribution in [0, 0.1) is 6.92 Å². The second-order valence-corrected chi connectivity index (χ2v) is 6.47. The van der Waals surface area contributed by atoms with Gasteiger partial charge in [0, 0.05) is 31.2 Å². The summed E-state index contributed by atoms with van der Waals surface area (Å²) in [6, 6.07) is 16.3. The molecule has 130 valence electrons. The van der Waals surface area contributed by atoms with Crippen molar-refractivity contribution in [1.82, 2.24) is 9.97 Å². The summed E-state index contributed by atoms with van der Waals surface area (Å²) >= 11 is 0. The van der Waals surface area contributed by atoms with Gasteiger partial charge in [-0.05, 0) is 30.5 Å². The van der Waals surface area contributed by atoms with Gasteiger partial charge in [-0.25, -0.2) is 9.97 Å². The van der Waals surface area contributed by atoms with E-state index >= 15 is 0 Å². The smallest absolute Gasteiger partial charge is 0.261 e. The molecule has 0 atom stereocenters. The molecule has 5 heteroatoms. The Kier molecular flexibility index (Phi) is 4.35. The highest BCUT2D eigenvalue weighted by molar-refractivity contribution is 6.06. The van der Waals surface area contributed by atoms with E-state index in [2.05, 4.69) is 46.5 Å². The van der Waals surface area contributed by atoms with Crippen LogP contribution in [0.2, 0.25) is 0 Å². The zero-order valence-corrected chi connectivity index (χ0v) is 14.6. The fourth-order valence-electron chi connectivity index (χ4n) is 3.24. The lowest BCUT2D eigenvalue weighted by atomic mass is 10.1. The lowest BCUT2D eigenvalue weighted by Crippen LogP contribution is -2.29. The third kappa shape index (κ3) is 3.28. The van der Waals surface area contributed by atoms with E-state index in [4.69, 9.17) is 0 Å². The van der Waals surface area contributed by atoms with Crippen molar-refractivity contribution in [3.05, 3.63) is 83.2 Å². The lowest BCUT2D eigenvalue weighted by Gasteiger charge is -2.17. The Hall–Kier alpha value is -3.21. The van der Waals surface area contributed by atoms with Gasteiger partial charge in [0.15, 0.2) is 0 Å².